The molecule has 0 aliphatic heterocycles. The van der Waals surface area contributed by atoms with E-state index in [-0.39, 0.29) is 23.1 Å². The predicted molar refractivity (Wildman–Crippen MR) is 78.1 cm³/mol. The molecule has 0 radical (unpaired) electrons. The molecule has 0 bridgehead atoms. The number of nitrogens with one attached hydrogen (secondary N) is 1. The van der Waals surface area contributed by atoms with Gasteiger partial charge in [0.1, 0.15) is 12.1 Å². The molecule has 0 spiro atoms. The van der Waals surface area contributed by atoms with E-state index in [4.69, 9.17) is 0 Å². The van der Waals surface area contributed by atoms with Crippen LogP contribution in [0.4, 0.5) is 14.5 Å². The highest BCUT2D eigenvalue weighted by atomic mass is 32.2. The molecule has 0 aliphatic rings. The van der Waals surface area contributed by atoms with Gasteiger partial charge in [0.25, 0.3) is 0 Å². The smallest absolute Gasteiger partial charge is 0.387 e. The van der Waals surface area contributed by atoms with Gasteiger partial charge in [0.2, 0.25) is 5.91 Å². The van der Waals surface area contributed by atoms with E-state index in [0.717, 1.165) is 0 Å². The van der Waals surface area contributed by atoms with Crippen molar-refractivity contribution >= 4 is 23.4 Å². The average molecular weight is 328 g/mol. The Morgan fingerprint density at radius 2 is 2.23 bits per heavy atom. The molecule has 2 rings (SSSR count). The van der Waals surface area contributed by atoms with Crippen LogP contribution in [0.1, 0.15) is 6.92 Å². The number of carbonyl (C=O) groups is 1. The molecule has 0 saturated carbocycles. The number of hydrogen-bond donors (Lipinski definition) is 1. The van der Waals surface area contributed by atoms with Gasteiger partial charge in [-0.2, -0.15) is 8.78 Å². The van der Waals surface area contributed by atoms with Crippen LogP contribution in [0.15, 0.2) is 35.7 Å². The molecule has 1 N–H and O–H groups in total. The van der Waals surface area contributed by atoms with E-state index in [9.17, 15) is 13.6 Å². The maximum atomic E-state index is 12.3. The summed E-state index contributed by atoms with van der Waals surface area (Å²) in [5, 5.41) is 10.8. The molecule has 0 fully saturated rings. The number of thioether (sulfide) groups is 1. The van der Waals surface area contributed by atoms with Gasteiger partial charge in [-0.1, -0.05) is 23.9 Å². The molecule has 0 atom stereocenters. The Labute approximate surface area is 129 Å². The Balaban J connectivity index is 1.95. The third kappa shape index (κ3) is 4.42. The van der Waals surface area contributed by atoms with E-state index in [1.54, 1.807) is 23.0 Å². The summed E-state index contributed by atoms with van der Waals surface area (Å²) in [7, 11) is 0. The molecule has 22 heavy (non-hydrogen) atoms. The number of aryl methyl sites for hydroxylation is 1. The summed E-state index contributed by atoms with van der Waals surface area (Å²) >= 11 is 1.21. The van der Waals surface area contributed by atoms with E-state index in [1.807, 2.05) is 6.92 Å². The van der Waals surface area contributed by atoms with E-state index >= 15 is 0 Å². The number of para-hydroxylation sites is 2. The molecule has 1 amide bonds. The summed E-state index contributed by atoms with van der Waals surface area (Å²) in [5.41, 5.74) is 0.199. The maximum Gasteiger partial charge on any atom is 0.387 e. The molecular weight excluding hydrogens is 314 g/mol. The minimum atomic E-state index is -2.95. The van der Waals surface area contributed by atoms with Crippen LogP contribution >= 0.6 is 11.8 Å². The number of carbonyl (C=O) groups excluding carboxylic acids is 1. The Kier molecular flexibility index (Phi) is 5.70. The standard InChI is InChI=1S/C13H14F2N4O2S/c1-2-19-8-16-18-13(19)22-7-11(20)17-9-5-3-4-6-10(9)21-12(14)15/h3-6,8,12H,2,7H2,1H3,(H,17,20). The molecule has 9 heteroatoms. The van der Waals surface area contributed by atoms with Gasteiger partial charge in [-0.3, -0.25) is 4.79 Å². The Morgan fingerprint density at radius 1 is 1.45 bits per heavy atom. The van der Waals surface area contributed by atoms with Crippen molar-refractivity contribution in [2.45, 2.75) is 25.2 Å². The van der Waals surface area contributed by atoms with Crippen molar-refractivity contribution in [3.05, 3.63) is 30.6 Å². The second kappa shape index (κ2) is 7.74. The lowest BCUT2D eigenvalue weighted by Gasteiger charge is -2.11. The fraction of sp³-hybridized carbons (Fsp3) is 0.308. The number of amides is 1. The van der Waals surface area contributed by atoms with Crippen molar-refractivity contribution in [1.82, 2.24) is 14.8 Å². The lowest BCUT2D eigenvalue weighted by Crippen LogP contribution is -2.16. The third-order valence-electron chi connectivity index (χ3n) is 2.63. The van der Waals surface area contributed by atoms with Crippen molar-refractivity contribution in [2.75, 3.05) is 11.1 Å². The normalized spacial score (nSPS) is 10.7. The highest BCUT2D eigenvalue weighted by Crippen LogP contribution is 2.26. The lowest BCUT2D eigenvalue weighted by atomic mass is 10.3. The number of rotatable bonds is 7. The van der Waals surface area contributed by atoms with Crippen LogP contribution in [0, 0.1) is 0 Å². The minimum absolute atomic E-state index is 0.0763. The number of aromatic nitrogens is 3. The first-order valence-electron chi connectivity index (χ1n) is 6.44. The third-order valence-corrected chi connectivity index (χ3v) is 3.61. The Hall–Kier alpha value is -2.16. The number of ether oxygens (including phenoxy) is 1. The van der Waals surface area contributed by atoms with Crippen LogP contribution in [0.25, 0.3) is 0 Å². The van der Waals surface area contributed by atoms with Crippen molar-refractivity contribution in [2.24, 2.45) is 0 Å². The molecule has 2 aromatic rings. The summed E-state index contributed by atoms with van der Waals surface area (Å²) < 4.78 is 30.7. The molecule has 118 valence electrons. The van der Waals surface area contributed by atoms with Gasteiger partial charge in [-0.05, 0) is 19.1 Å². The summed E-state index contributed by atoms with van der Waals surface area (Å²) in [4.78, 5) is 11.9. The van der Waals surface area contributed by atoms with Gasteiger partial charge in [-0.15, -0.1) is 10.2 Å². The summed E-state index contributed by atoms with van der Waals surface area (Å²) in [6.45, 7) is -0.316. The fourth-order valence-electron chi connectivity index (χ4n) is 1.66. The van der Waals surface area contributed by atoms with Crippen LogP contribution in [0.3, 0.4) is 0 Å². The van der Waals surface area contributed by atoms with Gasteiger partial charge in [0.05, 0.1) is 11.4 Å². The number of halogens is 2. The van der Waals surface area contributed by atoms with Gasteiger partial charge in [-0.25, -0.2) is 0 Å². The Bertz CT molecular complexity index is 636. The SMILES string of the molecule is CCn1cnnc1SCC(=O)Nc1ccccc1OC(F)F. The van der Waals surface area contributed by atoms with Gasteiger partial charge < -0.3 is 14.6 Å². The van der Waals surface area contributed by atoms with Crippen molar-refractivity contribution < 1.29 is 18.3 Å². The zero-order chi connectivity index (χ0) is 15.9. The molecule has 0 aliphatic carbocycles. The van der Waals surface area contributed by atoms with Crippen molar-refractivity contribution in [3.8, 4) is 5.75 Å². The van der Waals surface area contributed by atoms with E-state index < -0.39 is 6.61 Å². The zero-order valence-electron chi connectivity index (χ0n) is 11.7. The van der Waals surface area contributed by atoms with Crippen molar-refractivity contribution in [1.29, 1.82) is 0 Å². The van der Waals surface area contributed by atoms with Gasteiger partial charge in [0.15, 0.2) is 5.16 Å². The molecule has 0 unspecified atom stereocenters. The quantitative estimate of drug-likeness (QED) is 0.791. The van der Waals surface area contributed by atoms with E-state index in [2.05, 4.69) is 20.3 Å². The summed E-state index contributed by atoms with van der Waals surface area (Å²) in [5.74, 6) is -0.338. The first-order valence-corrected chi connectivity index (χ1v) is 7.43. The van der Waals surface area contributed by atoms with E-state index in [0.29, 0.717) is 11.7 Å². The molecular formula is C13H14F2N4O2S. The largest absolute Gasteiger partial charge is 0.433 e. The summed E-state index contributed by atoms with van der Waals surface area (Å²) in [6.07, 6.45) is 1.58. The molecule has 0 saturated heterocycles. The highest BCUT2D eigenvalue weighted by molar-refractivity contribution is 7.99. The molecule has 1 aromatic heterocycles. The fourth-order valence-corrected chi connectivity index (χ4v) is 2.44. The lowest BCUT2D eigenvalue weighted by molar-refractivity contribution is -0.113. The first kappa shape index (κ1) is 16.2. The number of hydrogen-bond acceptors (Lipinski definition) is 5. The predicted octanol–water partition coefficient (Wildman–Crippen LogP) is 2.63. The van der Waals surface area contributed by atoms with Gasteiger partial charge >= 0.3 is 6.61 Å². The van der Waals surface area contributed by atoms with Crippen LogP contribution in [-0.2, 0) is 11.3 Å². The number of alkyl halides is 2. The number of benzene rings is 1. The second-order valence-electron chi connectivity index (χ2n) is 4.11. The molecule has 1 aromatic carbocycles. The summed E-state index contributed by atoms with van der Waals surface area (Å²) in [6, 6.07) is 6.03. The van der Waals surface area contributed by atoms with Crippen LogP contribution in [0.5, 0.6) is 5.75 Å². The zero-order valence-corrected chi connectivity index (χ0v) is 12.5. The Morgan fingerprint density at radius 3 is 2.95 bits per heavy atom. The number of nitrogens with zero attached hydrogens (tertiary/aromatic N) is 3. The minimum Gasteiger partial charge on any atom is -0.433 e. The van der Waals surface area contributed by atoms with E-state index in [1.165, 1.54) is 23.9 Å². The van der Waals surface area contributed by atoms with Crippen LogP contribution in [0.2, 0.25) is 0 Å². The van der Waals surface area contributed by atoms with Crippen LogP contribution < -0.4 is 10.1 Å². The highest BCUT2D eigenvalue weighted by Gasteiger charge is 2.13. The first-order chi connectivity index (χ1) is 10.6. The average Bonchev–Trinajstić information content (AvgIpc) is 2.94. The topological polar surface area (TPSA) is 69.0 Å². The molecule has 1 heterocycles. The van der Waals surface area contributed by atoms with Gasteiger partial charge in [0, 0.05) is 6.54 Å². The maximum absolute atomic E-state index is 12.3. The van der Waals surface area contributed by atoms with Crippen LogP contribution in [-0.4, -0.2) is 33.0 Å². The van der Waals surface area contributed by atoms with Crippen molar-refractivity contribution in [3.63, 3.8) is 0 Å². The molecule has 6 nitrogen and oxygen atoms in total. The monoisotopic (exact) mass is 328 g/mol. The second-order valence-corrected chi connectivity index (χ2v) is 5.05. The number of anilines is 1.